The molecule has 3 heteroatoms. The van der Waals surface area contributed by atoms with Crippen molar-refractivity contribution in [2.45, 2.75) is 62.6 Å². The number of fused-ring (bicyclic) bond motifs is 1. The molecule has 0 aromatic rings. The molecule has 2 aliphatic heterocycles. The molecule has 3 nitrogen and oxygen atoms in total. The summed E-state index contributed by atoms with van der Waals surface area (Å²) in [4.78, 5) is 5.16. The third-order valence-corrected chi connectivity index (χ3v) is 5.77. The summed E-state index contributed by atoms with van der Waals surface area (Å²) in [6, 6.07) is 1.68. The van der Waals surface area contributed by atoms with E-state index in [9.17, 15) is 0 Å². The lowest BCUT2D eigenvalue weighted by Gasteiger charge is -2.48. The highest BCUT2D eigenvalue weighted by Gasteiger charge is 2.40. The van der Waals surface area contributed by atoms with Crippen molar-refractivity contribution < 1.29 is 0 Å². The molecule has 0 aromatic carbocycles. The second kappa shape index (κ2) is 5.10. The Morgan fingerprint density at radius 2 is 2.00 bits per heavy atom. The Labute approximate surface area is 112 Å². The van der Waals surface area contributed by atoms with Gasteiger partial charge in [0, 0.05) is 24.2 Å². The monoisotopic (exact) mass is 251 g/mol. The minimum absolute atomic E-state index is 0.479. The Bertz CT molecular complexity index is 285. The molecule has 2 atom stereocenters. The van der Waals surface area contributed by atoms with E-state index in [1.54, 1.807) is 0 Å². The van der Waals surface area contributed by atoms with Gasteiger partial charge in [-0.25, -0.2) is 0 Å². The summed E-state index contributed by atoms with van der Waals surface area (Å²) in [5, 5.41) is 3.89. The SMILES string of the molecule is CN(C)C1(CNC2CCN3CCCC3C2)CCC1. The highest BCUT2D eigenvalue weighted by atomic mass is 15.2. The summed E-state index contributed by atoms with van der Waals surface area (Å²) < 4.78 is 0. The fourth-order valence-electron chi connectivity index (χ4n) is 4.11. The highest BCUT2D eigenvalue weighted by molar-refractivity contribution is 4.99. The Morgan fingerprint density at radius 1 is 1.17 bits per heavy atom. The summed E-state index contributed by atoms with van der Waals surface area (Å²) in [6.45, 7) is 3.90. The first-order valence-electron chi connectivity index (χ1n) is 7.84. The van der Waals surface area contributed by atoms with E-state index >= 15 is 0 Å². The molecule has 18 heavy (non-hydrogen) atoms. The van der Waals surface area contributed by atoms with E-state index in [1.807, 2.05) is 0 Å². The van der Waals surface area contributed by atoms with Gasteiger partial charge in [-0.3, -0.25) is 0 Å². The third-order valence-electron chi connectivity index (χ3n) is 5.77. The predicted octanol–water partition coefficient (Wildman–Crippen LogP) is 1.69. The minimum Gasteiger partial charge on any atom is -0.312 e. The van der Waals surface area contributed by atoms with Crippen molar-refractivity contribution in [3.05, 3.63) is 0 Å². The number of piperidine rings is 1. The van der Waals surface area contributed by atoms with Gasteiger partial charge in [0.2, 0.25) is 0 Å². The first-order chi connectivity index (χ1) is 8.70. The van der Waals surface area contributed by atoms with E-state index in [0.717, 1.165) is 12.1 Å². The maximum Gasteiger partial charge on any atom is 0.0328 e. The number of rotatable bonds is 4. The molecular formula is C15H29N3. The van der Waals surface area contributed by atoms with Gasteiger partial charge >= 0.3 is 0 Å². The second-order valence-electron chi connectivity index (χ2n) is 6.91. The molecule has 2 heterocycles. The maximum atomic E-state index is 3.89. The Kier molecular flexibility index (Phi) is 3.65. The maximum absolute atomic E-state index is 3.89. The number of nitrogens with zero attached hydrogens (tertiary/aromatic N) is 2. The zero-order valence-electron chi connectivity index (χ0n) is 12.1. The summed E-state index contributed by atoms with van der Waals surface area (Å²) in [5.41, 5.74) is 0.479. The molecule has 1 aliphatic carbocycles. The van der Waals surface area contributed by atoms with Crippen molar-refractivity contribution in [1.29, 1.82) is 0 Å². The van der Waals surface area contributed by atoms with Crippen LogP contribution in [0.3, 0.4) is 0 Å². The highest BCUT2D eigenvalue weighted by Crippen LogP contribution is 2.36. The molecule has 2 unspecified atom stereocenters. The molecule has 0 aromatic heterocycles. The van der Waals surface area contributed by atoms with Crippen molar-refractivity contribution in [1.82, 2.24) is 15.1 Å². The molecular weight excluding hydrogens is 222 g/mol. The molecule has 1 N–H and O–H groups in total. The standard InChI is InChI=1S/C15H29N3/c1-17(2)15(7-4-8-15)12-16-13-6-10-18-9-3-5-14(18)11-13/h13-14,16H,3-12H2,1-2H3. The molecule has 1 saturated carbocycles. The Hall–Kier alpha value is -0.120. The van der Waals surface area contributed by atoms with Gasteiger partial charge in [-0.05, 0) is 72.1 Å². The molecule has 3 fully saturated rings. The van der Waals surface area contributed by atoms with Crippen LogP contribution in [0.15, 0.2) is 0 Å². The van der Waals surface area contributed by atoms with Gasteiger partial charge in [0.15, 0.2) is 0 Å². The normalized spacial score (nSPS) is 35.5. The van der Waals surface area contributed by atoms with Crippen LogP contribution < -0.4 is 5.32 Å². The van der Waals surface area contributed by atoms with Gasteiger partial charge < -0.3 is 15.1 Å². The van der Waals surface area contributed by atoms with Crippen LogP contribution in [0.25, 0.3) is 0 Å². The molecule has 2 saturated heterocycles. The van der Waals surface area contributed by atoms with Crippen molar-refractivity contribution in [2.75, 3.05) is 33.7 Å². The largest absolute Gasteiger partial charge is 0.312 e. The molecule has 3 rings (SSSR count). The molecule has 0 bridgehead atoms. The van der Waals surface area contributed by atoms with Gasteiger partial charge in [0.1, 0.15) is 0 Å². The first kappa shape index (κ1) is 12.9. The smallest absolute Gasteiger partial charge is 0.0328 e. The summed E-state index contributed by atoms with van der Waals surface area (Å²) in [5.74, 6) is 0. The fraction of sp³-hybridized carbons (Fsp3) is 1.00. The number of nitrogens with one attached hydrogen (secondary N) is 1. The predicted molar refractivity (Wildman–Crippen MR) is 75.9 cm³/mol. The lowest BCUT2D eigenvalue weighted by molar-refractivity contribution is 0.0518. The van der Waals surface area contributed by atoms with E-state index < -0.39 is 0 Å². The van der Waals surface area contributed by atoms with Crippen LogP contribution in [0.4, 0.5) is 0 Å². The van der Waals surface area contributed by atoms with Gasteiger partial charge in [-0.15, -0.1) is 0 Å². The number of hydrogen-bond acceptors (Lipinski definition) is 3. The average Bonchev–Trinajstić information content (AvgIpc) is 2.74. The van der Waals surface area contributed by atoms with Crippen LogP contribution in [0, 0.1) is 0 Å². The first-order valence-corrected chi connectivity index (χ1v) is 7.84. The van der Waals surface area contributed by atoms with E-state index in [-0.39, 0.29) is 0 Å². The van der Waals surface area contributed by atoms with Gasteiger partial charge in [-0.1, -0.05) is 0 Å². The molecule has 0 radical (unpaired) electrons. The summed E-state index contributed by atoms with van der Waals surface area (Å²) >= 11 is 0. The lowest BCUT2D eigenvalue weighted by atomic mass is 9.75. The number of hydrogen-bond donors (Lipinski definition) is 1. The van der Waals surface area contributed by atoms with E-state index in [2.05, 4.69) is 29.2 Å². The van der Waals surface area contributed by atoms with E-state index in [1.165, 1.54) is 64.6 Å². The fourth-order valence-corrected chi connectivity index (χ4v) is 4.11. The topological polar surface area (TPSA) is 18.5 Å². The Balaban J connectivity index is 1.48. The van der Waals surface area contributed by atoms with Crippen LogP contribution in [0.2, 0.25) is 0 Å². The van der Waals surface area contributed by atoms with Crippen LogP contribution in [-0.4, -0.2) is 61.2 Å². The minimum atomic E-state index is 0.479. The second-order valence-corrected chi connectivity index (χ2v) is 6.91. The van der Waals surface area contributed by atoms with Crippen LogP contribution in [-0.2, 0) is 0 Å². The average molecular weight is 251 g/mol. The van der Waals surface area contributed by atoms with Crippen molar-refractivity contribution >= 4 is 0 Å². The van der Waals surface area contributed by atoms with Crippen molar-refractivity contribution in [2.24, 2.45) is 0 Å². The molecule has 0 spiro atoms. The van der Waals surface area contributed by atoms with E-state index in [0.29, 0.717) is 5.54 Å². The van der Waals surface area contributed by atoms with E-state index in [4.69, 9.17) is 0 Å². The van der Waals surface area contributed by atoms with Gasteiger partial charge in [0.05, 0.1) is 0 Å². The summed E-state index contributed by atoms with van der Waals surface area (Å²) in [6.07, 6.45) is 9.81. The summed E-state index contributed by atoms with van der Waals surface area (Å²) in [7, 11) is 4.50. The zero-order chi connectivity index (χ0) is 12.6. The molecule has 3 aliphatic rings. The van der Waals surface area contributed by atoms with Crippen molar-refractivity contribution in [3.63, 3.8) is 0 Å². The van der Waals surface area contributed by atoms with Crippen molar-refractivity contribution in [3.8, 4) is 0 Å². The van der Waals surface area contributed by atoms with Gasteiger partial charge in [0.25, 0.3) is 0 Å². The third kappa shape index (κ3) is 2.33. The van der Waals surface area contributed by atoms with Gasteiger partial charge in [-0.2, -0.15) is 0 Å². The quantitative estimate of drug-likeness (QED) is 0.820. The molecule has 0 amide bonds. The van der Waals surface area contributed by atoms with Crippen LogP contribution in [0.1, 0.15) is 44.9 Å². The number of likely N-dealkylation sites (N-methyl/N-ethyl adjacent to an activating group) is 1. The van der Waals surface area contributed by atoms with Crippen LogP contribution in [0.5, 0.6) is 0 Å². The molecule has 104 valence electrons. The Morgan fingerprint density at radius 3 is 2.67 bits per heavy atom. The zero-order valence-corrected chi connectivity index (χ0v) is 12.1. The lowest BCUT2D eigenvalue weighted by Crippen LogP contribution is -2.58. The van der Waals surface area contributed by atoms with Crippen LogP contribution >= 0.6 is 0 Å².